The van der Waals surface area contributed by atoms with Gasteiger partial charge in [0.2, 0.25) is 5.91 Å². The lowest BCUT2D eigenvalue weighted by molar-refractivity contribution is -0.114. The van der Waals surface area contributed by atoms with Gasteiger partial charge in [0.05, 0.1) is 0 Å². The third-order valence-corrected chi connectivity index (χ3v) is 4.84. The van der Waals surface area contributed by atoms with Gasteiger partial charge in [-0.3, -0.25) is 9.79 Å². The highest BCUT2D eigenvalue weighted by atomic mass is 127. The number of thiophene rings is 1. The molecule has 1 amide bonds. The lowest BCUT2D eigenvalue weighted by Crippen LogP contribution is -2.40. The number of likely N-dealkylation sites (N-methyl/N-ethyl adjacent to an activating group) is 1. The molecule has 1 heterocycles. The molecule has 1 aromatic heterocycles. The number of halogens is 1. The van der Waals surface area contributed by atoms with Crippen LogP contribution < -0.4 is 10.6 Å². The monoisotopic (exact) mass is 500 g/mol. The second-order valence-electron chi connectivity index (χ2n) is 6.11. The summed E-state index contributed by atoms with van der Waals surface area (Å²) in [6, 6.07) is 12.2. The SMILES string of the molecule is CCNC(=NCCc1ccc(NC(C)=O)cc1)N(C)CCc1cccs1.I. The van der Waals surface area contributed by atoms with Gasteiger partial charge in [0, 0.05) is 44.2 Å². The third-order valence-electron chi connectivity index (χ3n) is 3.91. The van der Waals surface area contributed by atoms with Crippen molar-refractivity contribution in [3.63, 3.8) is 0 Å². The molecule has 0 fully saturated rings. The van der Waals surface area contributed by atoms with E-state index in [1.807, 2.05) is 24.3 Å². The van der Waals surface area contributed by atoms with E-state index in [0.29, 0.717) is 0 Å². The van der Waals surface area contributed by atoms with Crippen molar-refractivity contribution in [2.75, 3.05) is 32.0 Å². The molecule has 0 saturated heterocycles. The summed E-state index contributed by atoms with van der Waals surface area (Å²) in [6.45, 7) is 6.12. The summed E-state index contributed by atoms with van der Waals surface area (Å²) in [4.78, 5) is 19.4. The fourth-order valence-electron chi connectivity index (χ4n) is 2.56. The van der Waals surface area contributed by atoms with Crippen LogP contribution in [0.4, 0.5) is 5.69 Å². The molecule has 0 saturated carbocycles. The molecular formula is C20H29IN4OS. The van der Waals surface area contributed by atoms with Crippen LogP contribution in [0.15, 0.2) is 46.8 Å². The first-order valence-electron chi connectivity index (χ1n) is 8.97. The molecule has 148 valence electrons. The summed E-state index contributed by atoms with van der Waals surface area (Å²) in [6.07, 6.45) is 1.90. The number of aliphatic imine (C=N–C) groups is 1. The summed E-state index contributed by atoms with van der Waals surface area (Å²) < 4.78 is 0. The number of guanidine groups is 1. The molecule has 2 rings (SSSR count). The van der Waals surface area contributed by atoms with Crippen molar-refractivity contribution in [3.05, 3.63) is 52.2 Å². The molecule has 27 heavy (non-hydrogen) atoms. The molecule has 0 unspecified atom stereocenters. The van der Waals surface area contributed by atoms with Gasteiger partial charge in [-0.15, -0.1) is 35.3 Å². The summed E-state index contributed by atoms with van der Waals surface area (Å²) in [5.41, 5.74) is 2.03. The zero-order valence-corrected chi connectivity index (χ0v) is 19.3. The zero-order chi connectivity index (χ0) is 18.8. The molecule has 0 aliphatic carbocycles. The standard InChI is InChI=1S/C20H28N4OS.HI/c1-4-21-20(24(3)14-12-19-6-5-15-26-19)22-13-11-17-7-9-18(10-8-17)23-16(2)25;/h5-10,15H,4,11-14H2,1-3H3,(H,21,22)(H,23,25);1H. The van der Waals surface area contributed by atoms with Crippen LogP contribution in [-0.4, -0.2) is 43.4 Å². The summed E-state index contributed by atoms with van der Waals surface area (Å²) in [7, 11) is 2.08. The van der Waals surface area contributed by atoms with E-state index < -0.39 is 0 Å². The van der Waals surface area contributed by atoms with Gasteiger partial charge in [0.15, 0.2) is 5.96 Å². The minimum absolute atomic E-state index is 0. The van der Waals surface area contributed by atoms with Gasteiger partial charge in [-0.05, 0) is 48.9 Å². The molecule has 0 aliphatic heterocycles. The number of nitrogens with zero attached hydrogens (tertiary/aromatic N) is 2. The van der Waals surface area contributed by atoms with Gasteiger partial charge in [-0.1, -0.05) is 18.2 Å². The number of amides is 1. The summed E-state index contributed by atoms with van der Waals surface area (Å²) in [5, 5.41) is 8.26. The van der Waals surface area contributed by atoms with Gasteiger partial charge in [0.1, 0.15) is 0 Å². The van der Waals surface area contributed by atoms with E-state index in [1.54, 1.807) is 11.3 Å². The van der Waals surface area contributed by atoms with E-state index in [2.05, 4.69) is 47.0 Å². The number of rotatable bonds is 8. The third kappa shape index (κ3) is 8.75. The van der Waals surface area contributed by atoms with Crippen molar-refractivity contribution in [2.45, 2.75) is 26.7 Å². The van der Waals surface area contributed by atoms with Crippen LogP contribution in [0.25, 0.3) is 0 Å². The maximum absolute atomic E-state index is 11.1. The molecule has 5 nitrogen and oxygen atoms in total. The quantitative estimate of drug-likeness (QED) is 0.327. The summed E-state index contributed by atoms with van der Waals surface area (Å²) in [5.74, 6) is 0.891. The van der Waals surface area contributed by atoms with Crippen molar-refractivity contribution in [1.82, 2.24) is 10.2 Å². The van der Waals surface area contributed by atoms with E-state index in [9.17, 15) is 4.79 Å². The van der Waals surface area contributed by atoms with Gasteiger partial charge < -0.3 is 15.5 Å². The Morgan fingerprint density at radius 2 is 1.93 bits per heavy atom. The molecule has 0 spiro atoms. The van der Waals surface area contributed by atoms with Crippen molar-refractivity contribution in [2.24, 2.45) is 4.99 Å². The van der Waals surface area contributed by atoms with Gasteiger partial charge in [-0.25, -0.2) is 0 Å². The van der Waals surface area contributed by atoms with E-state index >= 15 is 0 Å². The average Bonchev–Trinajstić information content (AvgIpc) is 3.13. The van der Waals surface area contributed by atoms with Crippen molar-refractivity contribution >= 4 is 52.9 Å². The lowest BCUT2D eigenvalue weighted by atomic mass is 10.1. The van der Waals surface area contributed by atoms with Crippen LogP contribution in [0.5, 0.6) is 0 Å². The minimum Gasteiger partial charge on any atom is -0.357 e. The van der Waals surface area contributed by atoms with E-state index in [0.717, 1.165) is 44.1 Å². The topological polar surface area (TPSA) is 56.7 Å². The number of nitrogens with one attached hydrogen (secondary N) is 2. The van der Waals surface area contributed by atoms with Crippen LogP contribution in [0.3, 0.4) is 0 Å². The molecule has 0 bridgehead atoms. The van der Waals surface area contributed by atoms with E-state index in [4.69, 9.17) is 4.99 Å². The molecule has 0 atom stereocenters. The van der Waals surface area contributed by atoms with Crippen molar-refractivity contribution < 1.29 is 4.79 Å². The van der Waals surface area contributed by atoms with Crippen molar-refractivity contribution in [3.8, 4) is 0 Å². The highest BCUT2D eigenvalue weighted by Gasteiger charge is 2.06. The Morgan fingerprint density at radius 3 is 2.52 bits per heavy atom. The number of benzene rings is 1. The Kier molecular flexibility index (Phi) is 11.0. The van der Waals surface area contributed by atoms with Crippen LogP contribution >= 0.6 is 35.3 Å². The number of carbonyl (C=O) groups is 1. The van der Waals surface area contributed by atoms with Crippen LogP contribution in [0, 0.1) is 0 Å². The van der Waals surface area contributed by atoms with Crippen LogP contribution in [-0.2, 0) is 17.6 Å². The smallest absolute Gasteiger partial charge is 0.221 e. The minimum atomic E-state index is -0.0526. The summed E-state index contributed by atoms with van der Waals surface area (Å²) >= 11 is 1.80. The Morgan fingerprint density at radius 1 is 1.19 bits per heavy atom. The molecule has 0 radical (unpaired) electrons. The molecular weight excluding hydrogens is 471 g/mol. The molecule has 2 N–H and O–H groups in total. The lowest BCUT2D eigenvalue weighted by Gasteiger charge is -2.21. The average molecular weight is 500 g/mol. The molecule has 1 aromatic carbocycles. The zero-order valence-electron chi connectivity index (χ0n) is 16.2. The Labute approximate surface area is 183 Å². The normalized spacial score (nSPS) is 10.9. The Balaban J connectivity index is 0.00000364. The van der Waals surface area contributed by atoms with E-state index in [-0.39, 0.29) is 29.9 Å². The van der Waals surface area contributed by atoms with E-state index in [1.165, 1.54) is 17.4 Å². The predicted molar refractivity (Wildman–Crippen MR) is 126 cm³/mol. The maximum atomic E-state index is 11.1. The number of hydrogen-bond donors (Lipinski definition) is 2. The highest BCUT2D eigenvalue weighted by Crippen LogP contribution is 2.11. The van der Waals surface area contributed by atoms with Crippen LogP contribution in [0.1, 0.15) is 24.3 Å². The second-order valence-corrected chi connectivity index (χ2v) is 7.15. The first-order chi connectivity index (χ1) is 12.6. The van der Waals surface area contributed by atoms with Crippen molar-refractivity contribution in [1.29, 1.82) is 0 Å². The van der Waals surface area contributed by atoms with Gasteiger partial charge in [-0.2, -0.15) is 0 Å². The molecule has 2 aromatic rings. The largest absolute Gasteiger partial charge is 0.357 e. The molecule has 7 heteroatoms. The number of anilines is 1. The first kappa shape index (κ1) is 23.4. The second kappa shape index (κ2) is 12.7. The first-order valence-corrected chi connectivity index (χ1v) is 9.84. The Bertz CT molecular complexity index is 701. The fourth-order valence-corrected chi connectivity index (χ4v) is 3.26. The molecule has 0 aliphatic rings. The van der Waals surface area contributed by atoms with Gasteiger partial charge in [0.25, 0.3) is 0 Å². The van der Waals surface area contributed by atoms with Gasteiger partial charge >= 0.3 is 0 Å². The fraction of sp³-hybridized carbons (Fsp3) is 0.400. The maximum Gasteiger partial charge on any atom is 0.221 e. The number of hydrogen-bond acceptors (Lipinski definition) is 3. The Hall–Kier alpha value is -1.61. The van der Waals surface area contributed by atoms with Crippen LogP contribution in [0.2, 0.25) is 0 Å². The predicted octanol–water partition coefficient (Wildman–Crippen LogP) is 4.01. The number of carbonyl (C=O) groups excluding carboxylic acids is 1. The highest BCUT2D eigenvalue weighted by molar-refractivity contribution is 14.0.